The average molecular weight is 222 g/mol. The van der Waals surface area contributed by atoms with Crippen molar-refractivity contribution in [2.75, 3.05) is 7.11 Å². The first-order valence-electron chi connectivity index (χ1n) is 5.06. The van der Waals surface area contributed by atoms with E-state index in [9.17, 15) is 9.59 Å². The van der Waals surface area contributed by atoms with Crippen molar-refractivity contribution in [3.05, 3.63) is 35.8 Å². The third kappa shape index (κ3) is 2.82. The molecule has 0 fully saturated rings. The molecule has 16 heavy (non-hydrogen) atoms. The molecule has 0 atom stereocenters. The summed E-state index contributed by atoms with van der Waals surface area (Å²) in [6, 6.07) is 1.52. The van der Waals surface area contributed by atoms with Crippen molar-refractivity contribution in [1.82, 2.24) is 0 Å². The molecule has 0 aliphatic carbocycles. The first kappa shape index (κ1) is 12.2. The Bertz CT molecular complexity index is 387. The molecule has 0 amide bonds. The SMILES string of the molecule is CCC/C=C(\C(=O)OC)C(=O)c1ccoc1. The van der Waals surface area contributed by atoms with Gasteiger partial charge in [-0.15, -0.1) is 0 Å². The van der Waals surface area contributed by atoms with E-state index in [4.69, 9.17) is 4.42 Å². The monoisotopic (exact) mass is 222 g/mol. The normalized spacial score (nSPS) is 11.2. The second kappa shape index (κ2) is 5.90. The summed E-state index contributed by atoms with van der Waals surface area (Å²) < 4.78 is 9.37. The molecule has 1 heterocycles. The van der Waals surface area contributed by atoms with Gasteiger partial charge in [0, 0.05) is 0 Å². The number of ether oxygens (including phenoxy) is 1. The number of carbonyl (C=O) groups is 2. The molecule has 0 spiro atoms. The zero-order valence-corrected chi connectivity index (χ0v) is 9.36. The molecule has 0 radical (unpaired) electrons. The van der Waals surface area contributed by atoms with E-state index >= 15 is 0 Å². The molecule has 0 saturated heterocycles. The van der Waals surface area contributed by atoms with Crippen LogP contribution in [0.25, 0.3) is 0 Å². The molecular formula is C12H14O4. The van der Waals surface area contributed by atoms with Crippen LogP contribution in [0.4, 0.5) is 0 Å². The van der Waals surface area contributed by atoms with Crippen molar-refractivity contribution >= 4 is 11.8 Å². The quantitative estimate of drug-likeness (QED) is 0.252. The van der Waals surface area contributed by atoms with Crippen LogP contribution >= 0.6 is 0 Å². The van der Waals surface area contributed by atoms with Crippen LogP contribution in [-0.4, -0.2) is 18.9 Å². The Morgan fingerprint density at radius 1 is 1.50 bits per heavy atom. The maximum absolute atomic E-state index is 11.9. The standard InChI is InChI=1S/C12H14O4/c1-3-4-5-10(12(14)15-2)11(13)9-6-7-16-8-9/h5-8H,3-4H2,1-2H3/b10-5-. The van der Waals surface area contributed by atoms with Crippen molar-refractivity contribution in [2.45, 2.75) is 19.8 Å². The Morgan fingerprint density at radius 3 is 2.75 bits per heavy atom. The van der Waals surface area contributed by atoms with E-state index in [2.05, 4.69) is 4.74 Å². The molecule has 0 aliphatic heterocycles. The fourth-order valence-corrected chi connectivity index (χ4v) is 1.22. The van der Waals surface area contributed by atoms with Gasteiger partial charge in [-0.25, -0.2) is 4.79 Å². The predicted octanol–water partition coefficient (Wildman–Crippen LogP) is 2.36. The highest BCUT2D eigenvalue weighted by molar-refractivity contribution is 6.24. The fraction of sp³-hybridized carbons (Fsp3) is 0.333. The number of Topliss-reactive ketones (excluding diaryl/α,β-unsaturated/α-hetero) is 1. The summed E-state index contributed by atoms with van der Waals surface area (Å²) in [7, 11) is 1.25. The number of methoxy groups -OCH3 is 1. The minimum absolute atomic E-state index is 0.0609. The van der Waals surface area contributed by atoms with Crippen molar-refractivity contribution in [3.8, 4) is 0 Å². The van der Waals surface area contributed by atoms with Gasteiger partial charge in [-0.05, 0) is 12.5 Å². The summed E-state index contributed by atoms with van der Waals surface area (Å²) >= 11 is 0. The van der Waals surface area contributed by atoms with Gasteiger partial charge < -0.3 is 9.15 Å². The molecule has 1 aromatic rings. The smallest absolute Gasteiger partial charge is 0.341 e. The fourth-order valence-electron chi connectivity index (χ4n) is 1.22. The van der Waals surface area contributed by atoms with Gasteiger partial charge in [-0.3, -0.25) is 4.79 Å². The van der Waals surface area contributed by atoms with Crippen LogP contribution in [0.2, 0.25) is 0 Å². The topological polar surface area (TPSA) is 56.5 Å². The van der Waals surface area contributed by atoms with Gasteiger partial charge >= 0.3 is 5.97 Å². The van der Waals surface area contributed by atoms with Gasteiger partial charge in [0.05, 0.1) is 18.9 Å². The zero-order valence-electron chi connectivity index (χ0n) is 9.36. The predicted molar refractivity (Wildman–Crippen MR) is 58.0 cm³/mol. The third-order valence-corrected chi connectivity index (χ3v) is 2.07. The largest absolute Gasteiger partial charge is 0.472 e. The van der Waals surface area contributed by atoms with Crippen molar-refractivity contribution < 1.29 is 18.7 Å². The first-order valence-corrected chi connectivity index (χ1v) is 5.06. The van der Waals surface area contributed by atoms with Crippen LogP contribution in [0, 0.1) is 0 Å². The second-order valence-corrected chi connectivity index (χ2v) is 3.24. The second-order valence-electron chi connectivity index (χ2n) is 3.24. The molecule has 0 aliphatic rings. The molecule has 0 N–H and O–H groups in total. The average Bonchev–Trinajstić information content (AvgIpc) is 2.82. The number of allylic oxidation sites excluding steroid dienone is 1. The number of rotatable bonds is 5. The molecule has 0 aromatic carbocycles. The lowest BCUT2D eigenvalue weighted by atomic mass is 10.0. The Balaban J connectivity index is 2.93. The van der Waals surface area contributed by atoms with Gasteiger partial charge in [0.25, 0.3) is 0 Å². The molecule has 0 saturated carbocycles. The van der Waals surface area contributed by atoms with Gasteiger partial charge in [-0.1, -0.05) is 19.4 Å². The molecule has 4 heteroatoms. The summed E-state index contributed by atoms with van der Waals surface area (Å²) in [4.78, 5) is 23.3. The Morgan fingerprint density at radius 2 is 2.25 bits per heavy atom. The van der Waals surface area contributed by atoms with E-state index in [1.807, 2.05) is 6.92 Å². The molecule has 1 aromatic heterocycles. The third-order valence-electron chi connectivity index (χ3n) is 2.07. The van der Waals surface area contributed by atoms with E-state index in [0.29, 0.717) is 12.0 Å². The lowest BCUT2D eigenvalue weighted by molar-refractivity contribution is -0.135. The van der Waals surface area contributed by atoms with Gasteiger partial charge in [0.2, 0.25) is 5.78 Å². The first-order chi connectivity index (χ1) is 7.70. The summed E-state index contributed by atoms with van der Waals surface area (Å²) in [5, 5.41) is 0. The number of furan rings is 1. The highest BCUT2D eigenvalue weighted by Gasteiger charge is 2.20. The highest BCUT2D eigenvalue weighted by atomic mass is 16.5. The molecule has 4 nitrogen and oxygen atoms in total. The summed E-state index contributed by atoms with van der Waals surface area (Å²) in [6.07, 6.45) is 5.82. The minimum Gasteiger partial charge on any atom is -0.472 e. The van der Waals surface area contributed by atoms with Crippen LogP contribution in [0.15, 0.2) is 34.7 Å². The van der Waals surface area contributed by atoms with Crippen LogP contribution in [0.3, 0.4) is 0 Å². The Hall–Kier alpha value is -1.84. The summed E-state index contributed by atoms with van der Waals surface area (Å²) in [5.41, 5.74) is 0.415. The summed E-state index contributed by atoms with van der Waals surface area (Å²) in [6.45, 7) is 1.97. The zero-order chi connectivity index (χ0) is 12.0. The van der Waals surface area contributed by atoms with Gasteiger partial charge in [0.1, 0.15) is 11.8 Å². The maximum atomic E-state index is 11.9. The van der Waals surface area contributed by atoms with E-state index < -0.39 is 5.97 Å². The van der Waals surface area contributed by atoms with Crippen molar-refractivity contribution in [3.63, 3.8) is 0 Å². The van der Waals surface area contributed by atoms with E-state index in [1.165, 1.54) is 25.7 Å². The minimum atomic E-state index is -0.611. The van der Waals surface area contributed by atoms with Gasteiger partial charge in [-0.2, -0.15) is 0 Å². The number of unbranched alkanes of at least 4 members (excludes halogenated alkanes) is 1. The number of ketones is 1. The van der Waals surface area contributed by atoms with Gasteiger partial charge in [0.15, 0.2) is 0 Å². The molecule has 0 unspecified atom stereocenters. The number of esters is 1. The number of hydrogen-bond acceptors (Lipinski definition) is 4. The molecule has 86 valence electrons. The van der Waals surface area contributed by atoms with Crippen molar-refractivity contribution in [1.29, 1.82) is 0 Å². The van der Waals surface area contributed by atoms with E-state index in [-0.39, 0.29) is 11.4 Å². The van der Waals surface area contributed by atoms with Crippen LogP contribution in [0.1, 0.15) is 30.1 Å². The highest BCUT2D eigenvalue weighted by Crippen LogP contribution is 2.12. The number of carbonyl (C=O) groups excluding carboxylic acids is 2. The lowest BCUT2D eigenvalue weighted by Gasteiger charge is -2.02. The molecular weight excluding hydrogens is 208 g/mol. The Kier molecular flexibility index (Phi) is 4.51. The Labute approximate surface area is 93.9 Å². The van der Waals surface area contributed by atoms with Crippen molar-refractivity contribution in [2.24, 2.45) is 0 Å². The van der Waals surface area contributed by atoms with Crippen LogP contribution < -0.4 is 0 Å². The number of hydrogen-bond donors (Lipinski definition) is 0. The summed E-state index contributed by atoms with van der Waals surface area (Å²) in [5.74, 6) is -0.978. The maximum Gasteiger partial charge on any atom is 0.341 e. The van der Waals surface area contributed by atoms with Crippen LogP contribution in [0.5, 0.6) is 0 Å². The van der Waals surface area contributed by atoms with E-state index in [0.717, 1.165) is 6.42 Å². The molecule has 0 bridgehead atoms. The van der Waals surface area contributed by atoms with E-state index in [1.54, 1.807) is 6.08 Å². The van der Waals surface area contributed by atoms with Crippen LogP contribution in [-0.2, 0) is 9.53 Å². The molecule has 1 rings (SSSR count). The lowest BCUT2D eigenvalue weighted by Crippen LogP contribution is -2.14.